The molecule has 1 aromatic carbocycles. The van der Waals surface area contributed by atoms with E-state index in [2.05, 4.69) is 20.2 Å². The predicted octanol–water partition coefficient (Wildman–Crippen LogP) is 2.81. The molecule has 2 amide bonds. The Hall–Kier alpha value is -3.35. The number of benzene rings is 1. The van der Waals surface area contributed by atoms with Gasteiger partial charge in [-0.3, -0.25) is 14.6 Å². The number of aromatic amines is 1. The van der Waals surface area contributed by atoms with Gasteiger partial charge in [0.25, 0.3) is 5.91 Å². The van der Waals surface area contributed by atoms with Gasteiger partial charge in [-0.05, 0) is 55.7 Å². The van der Waals surface area contributed by atoms with E-state index < -0.39 is 0 Å². The minimum atomic E-state index is -0.0759. The summed E-state index contributed by atoms with van der Waals surface area (Å²) in [6, 6.07) is 11.7. The van der Waals surface area contributed by atoms with Crippen LogP contribution in [-0.2, 0) is 4.79 Å². The maximum Gasteiger partial charge on any atom is 0.251 e. The van der Waals surface area contributed by atoms with Crippen LogP contribution in [0.4, 0.5) is 5.69 Å². The molecule has 160 valence electrons. The van der Waals surface area contributed by atoms with Gasteiger partial charge in [-0.25, -0.2) is 0 Å². The Morgan fingerprint density at radius 1 is 1.00 bits per heavy atom. The minimum absolute atomic E-state index is 0.00952. The number of likely N-dealkylation sites (tertiary alicyclic amines) is 1. The standard InChI is InChI=1S/C24H27N5O2/c30-23(19-1-2-22-18(15-19)3-11-26-22)27-20-8-14-29(16-20)24(31)17-6-12-28(13-7-17)21-4-9-25-10-5-21/h1-5,9-11,15,17,20,26H,6-8,12-14,16H2,(H,27,30). The van der Waals surface area contributed by atoms with Crippen LogP contribution in [-0.4, -0.2) is 58.9 Å². The second-order valence-electron chi connectivity index (χ2n) is 8.49. The van der Waals surface area contributed by atoms with Crippen molar-refractivity contribution in [3.05, 3.63) is 60.6 Å². The van der Waals surface area contributed by atoms with Crippen molar-refractivity contribution >= 4 is 28.4 Å². The highest BCUT2D eigenvalue weighted by Crippen LogP contribution is 2.25. The number of piperidine rings is 1. The Kier molecular flexibility index (Phi) is 5.32. The van der Waals surface area contributed by atoms with E-state index in [1.54, 1.807) is 0 Å². The van der Waals surface area contributed by atoms with E-state index in [4.69, 9.17) is 0 Å². The van der Waals surface area contributed by atoms with E-state index in [0.717, 1.165) is 43.3 Å². The fourth-order valence-corrected chi connectivity index (χ4v) is 4.74. The largest absolute Gasteiger partial charge is 0.371 e. The van der Waals surface area contributed by atoms with Crippen molar-refractivity contribution in [3.63, 3.8) is 0 Å². The fraction of sp³-hybridized carbons (Fsp3) is 0.375. The van der Waals surface area contributed by atoms with Gasteiger partial charge in [0.15, 0.2) is 0 Å². The monoisotopic (exact) mass is 417 g/mol. The van der Waals surface area contributed by atoms with Crippen molar-refractivity contribution in [1.29, 1.82) is 0 Å². The lowest BCUT2D eigenvalue weighted by atomic mass is 9.95. The number of amides is 2. The molecule has 2 aromatic heterocycles. The van der Waals surface area contributed by atoms with Gasteiger partial charge >= 0.3 is 0 Å². The number of carbonyl (C=O) groups excluding carboxylic acids is 2. The third-order valence-electron chi connectivity index (χ3n) is 6.52. The number of carbonyl (C=O) groups is 2. The number of nitrogens with one attached hydrogen (secondary N) is 2. The molecule has 0 radical (unpaired) electrons. The molecule has 2 N–H and O–H groups in total. The summed E-state index contributed by atoms with van der Waals surface area (Å²) >= 11 is 0. The smallest absolute Gasteiger partial charge is 0.251 e. The molecule has 3 aromatic rings. The maximum atomic E-state index is 13.0. The lowest BCUT2D eigenvalue weighted by Crippen LogP contribution is -2.43. The molecule has 0 spiro atoms. The summed E-state index contributed by atoms with van der Waals surface area (Å²) in [4.78, 5) is 37.2. The predicted molar refractivity (Wildman–Crippen MR) is 120 cm³/mol. The molecule has 2 aliphatic rings. The van der Waals surface area contributed by atoms with E-state index in [1.165, 1.54) is 5.69 Å². The Bertz CT molecular complexity index is 1070. The molecule has 31 heavy (non-hydrogen) atoms. The molecule has 2 aliphatic heterocycles. The average Bonchev–Trinajstić information content (AvgIpc) is 3.48. The van der Waals surface area contributed by atoms with Crippen LogP contribution in [0.15, 0.2) is 55.0 Å². The van der Waals surface area contributed by atoms with E-state index in [9.17, 15) is 9.59 Å². The first-order valence-electron chi connectivity index (χ1n) is 11.0. The van der Waals surface area contributed by atoms with Gasteiger partial charge < -0.3 is 20.1 Å². The quantitative estimate of drug-likeness (QED) is 0.684. The number of nitrogens with zero attached hydrogens (tertiary/aromatic N) is 3. The van der Waals surface area contributed by atoms with Gasteiger partial charge in [-0.1, -0.05) is 0 Å². The molecule has 4 heterocycles. The van der Waals surface area contributed by atoms with Crippen molar-refractivity contribution in [2.45, 2.75) is 25.3 Å². The summed E-state index contributed by atoms with van der Waals surface area (Å²) in [6.07, 6.45) is 8.02. The molecule has 2 saturated heterocycles. The number of hydrogen-bond donors (Lipinski definition) is 2. The van der Waals surface area contributed by atoms with Gasteiger partial charge in [-0.15, -0.1) is 0 Å². The molecule has 0 bridgehead atoms. The van der Waals surface area contributed by atoms with Crippen LogP contribution >= 0.6 is 0 Å². The van der Waals surface area contributed by atoms with Crippen LogP contribution in [0, 0.1) is 5.92 Å². The van der Waals surface area contributed by atoms with E-state index in [0.29, 0.717) is 18.7 Å². The van der Waals surface area contributed by atoms with Gasteiger partial charge in [0, 0.05) is 78.9 Å². The van der Waals surface area contributed by atoms with Crippen LogP contribution in [0.5, 0.6) is 0 Å². The lowest BCUT2D eigenvalue weighted by molar-refractivity contribution is -0.135. The second-order valence-corrected chi connectivity index (χ2v) is 8.49. The number of rotatable bonds is 4. The van der Waals surface area contributed by atoms with Crippen LogP contribution in [0.25, 0.3) is 10.9 Å². The van der Waals surface area contributed by atoms with Crippen LogP contribution < -0.4 is 10.2 Å². The summed E-state index contributed by atoms with van der Waals surface area (Å²) < 4.78 is 0. The molecule has 0 saturated carbocycles. The van der Waals surface area contributed by atoms with E-state index in [-0.39, 0.29) is 23.8 Å². The topological polar surface area (TPSA) is 81.3 Å². The lowest BCUT2D eigenvalue weighted by Gasteiger charge is -2.34. The van der Waals surface area contributed by atoms with Gasteiger partial charge in [-0.2, -0.15) is 0 Å². The van der Waals surface area contributed by atoms with Crippen LogP contribution in [0.2, 0.25) is 0 Å². The summed E-state index contributed by atoms with van der Waals surface area (Å²) in [7, 11) is 0. The summed E-state index contributed by atoms with van der Waals surface area (Å²) in [5.74, 6) is 0.233. The van der Waals surface area contributed by atoms with Crippen LogP contribution in [0.1, 0.15) is 29.6 Å². The highest BCUT2D eigenvalue weighted by Gasteiger charge is 2.33. The summed E-state index contributed by atoms with van der Waals surface area (Å²) in [5, 5.41) is 4.13. The van der Waals surface area contributed by atoms with Crippen molar-refractivity contribution in [2.75, 3.05) is 31.1 Å². The second kappa shape index (κ2) is 8.41. The number of aromatic nitrogens is 2. The molecular weight excluding hydrogens is 390 g/mol. The van der Waals surface area contributed by atoms with Crippen molar-refractivity contribution in [1.82, 2.24) is 20.2 Å². The highest BCUT2D eigenvalue weighted by atomic mass is 16.2. The number of pyridine rings is 1. The van der Waals surface area contributed by atoms with Gasteiger partial charge in [0.2, 0.25) is 5.91 Å². The normalized spacial score (nSPS) is 19.7. The first-order valence-corrected chi connectivity index (χ1v) is 11.0. The summed E-state index contributed by atoms with van der Waals surface area (Å²) in [6.45, 7) is 3.08. The Morgan fingerprint density at radius 3 is 2.61 bits per heavy atom. The van der Waals surface area contributed by atoms with Crippen molar-refractivity contribution in [3.8, 4) is 0 Å². The first kappa shape index (κ1) is 19.6. The number of hydrogen-bond acceptors (Lipinski definition) is 4. The number of H-pyrrole nitrogens is 1. The minimum Gasteiger partial charge on any atom is -0.371 e. The molecule has 5 rings (SSSR count). The van der Waals surface area contributed by atoms with Gasteiger partial charge in [0.1, 0.15) is 0 Å². The average molecular weight is 418 g/mol. The zero-order chi connectivity index (χ0) is 21.2. The van der Waals surface area contributed by atoms with Crippen LogP contribution in [0.3, 0.4) is 0 Å². The molecular formula is C24H27N5O2. The summed E-state index contributed by atoms with van der Waals surface area (Å²) in [5.41, 5.74) is 2.84. The third kappa shape index (κ3) is 4.13. The Labute approximate surface area is 181 Å². The van der Waals surface area contributed by atoms with E-state index >= 15 is 0 Å². The van der Waals surface area contributed by atoms with Gasteiger partial charge in [0.05, 0.1) is 0 Å². The SMILES string of the molecule is O=C(NC1CCN(C(=O)C2CCN(c3ccncc3)CC2)C1)c1ccc2[nH]ccc2c1. The molecule has 1 atom stereocenters. The molecule has 2 fully saturated rings. The van der Waals surface area contributed by atoms with E-state index in [1.807, 2.05) is 59.9 Å². The molecule has 7 nitrogen and oxygen atoms in total. The number of fused-ring (bicyclic) bond motifs is 1. The Balaban J connectivity index is 1.13. The highest BCUT2D eigenvalue weighted by molar-refractivity contribution is 5.98. The van der Waals surface area contributed by atoms with Crippen molar-refractivity contribution in [2.24, 2.45) is 5.92 Å². The molecule has 7 heteroatoms. The number of anilines is 1. The molecule has 0 aliphatic carbocycles. The zero-order valence-electron chi connectivity index (χ0n) is 17.5. The first-order chi connectivity index (χ1) is 15.2. The maximum absolute atomic E-state index is 13.0. The zero-order valence-corrected chi connectivity index (χ0v) is 17.5. The molecule has 1 unspecified atom stereocenters. The van der Waals surface area contributed by atoms with Crippen molar-refractivity contribution < 1.29 is 9.59 Å². The Morgan fingerprint density at radius 2 is 1.81 bits per heavy atom. The third-order valence-corrected chi connectivity index (χ3v) is 6.52. The fourth-order valence-electron chi connectivity index (χ4n) is 4.74.